The van der Waals surface area contributed by atoms with Crippen LogP contribution in [0.5, 0.6) is 11.5 Å². The minimum atomic E-state index is 0.414. The van der Waals surface area contributed by atoms with Crippen LogP contribution >= 0.6 is 0 Å². The summed E-state index contributed by atoms with van der Waals surface area (Å²) in [5.74, 6) is 1.22. The minimum Gasteiger partial charge on any atom is -0.489 e. The van der Waals surface area contributed by atoms with Crippen molar-refractivity contribution >= 4 is 6.40 Å². The third kappa shape index (κ3) is 6.71. The zero-order chi connectivity index (χ0) is 20.2. The molecule has 3 aromatic rings. The Bertz CT molecular complexity index is 945. The third-order valence-corrected chi connectivity index (χ3v) is 4.05. The van der Waals surface area contributed by atoms with Crippen LogP contribution in [0.3, 0.4) is 0 Å². The summed E-state index contributed by atoms with van der Waals surface area (Å²) in [7, 11) is 0. The predicted octanol–water partition coefficient (Wildman–Crippen LogP) is 4.76. The molecule has 0 unspecified atom stereocenters. The molecule has 5 nitrogen and oxygen atoms in total. The van der Waals surface area contributed by atoms with Gasteiger partial charge in [-0.1, -0.05) is 60.7 Å². The molecule has 0 saturated carbocycles. The molecule has 0 radical (unpaired) electrons. The first-order valence-electron chi connectivity index (χ1n) is 9.32. The number of nitrogens with zero attached hydrogens (tertiary/aromatic N) is 2. The van der Waals surface area contributed by atoms with E-state index in [1.165, 1.54) is 6.40 Å². The van der Waals surface area contributed by atoms with Crippen molar-refractivity contribution in [3.8, 4) is 17.6 Å². The highest BCUT2D eigenvalue weighted by Crippen LogP contribution is 2.26. The van der Waals surface area contributed by atoms with Gasteiger partial charge in [-0.05, 0) is 23.3 Å². The van der Waals surface area contributed by atoms with E-state index in [0.717, 1.165) is 24.3 Å². The molecule has 0 fully saturated rings. The highest BCUT2D eigenvalue weighted by molar-refractivity contribution is 5.48. The largest absolute Gasteiger partial charge is 0.489 e. The van der Waals surface area contributed by atoms with Crippen LogP contribution in [0.15, 0.2) is 83.9 Å². The van der Waals surface area contributed by atoms with E-state index in [1.807, 2.05) is 60.7 Å². The molecule has 146 valence electrons. The molecular formula is C24H22N2O3. The van der Waals surface area contributed by atoms with Crippen LogP contribution < -0.4 is 9.47 Å². The lowest BCUT2D eigenvalue weighted by Crippen LogP contribution is -1.99. The average Bonchev–Trinajstić information content (AvgIpc) is 3.38. The predicted molar refractivity (Wildman–Crippen MR) is 112 cm³/mol. The van der Waals surface area contributed by atoms with Gasteiger partial charge in [0.15, 0.2) is 6.40 Å². The van der Waals surface area contributed by atoms with Gasteiger partial charge in [0.25, 0.3) is 0 Å². The monoisotopic (exact) mass is 386 g/mol. The molecule has 1 aliphatic heterocycles. The molecular weight excluding hydrogens is 364 g/mol. The van der Waals surface area contributed by atoms with Crippen LogP contribution in [0, 0.1) is 11.3 Å². The maximum atomic E-state index is 9.24. The summed E-state index contributed by atoms with van der Waals surface area (Å²) in [6, 6.07) is 27.2. The lowest BCUT2D eigenvalue weighted by molar-refractivity contribution is 0.289. The van der Waals surface area contributed by atoms with Gasteiger partial charge in [-0.3, -0.25) is 4.99 Å². The smallest absolute Gasteiger partial charge is 0.169 e. The van der Waals surface area contributed by atoms with Gasteiger partial charge in [0.1, 0.15) is 37.4 Å². The van der Waals surface area contributed by atoms with Crippen molar-refractivity contribution in [2.24, 2.45) is 4.99 Å². The fourth-order valence-corrected chi connectivity index (χ4v) is 2.54. The van der Waals surface area contributed by atoms with Gasteiger partial charge in [0.05, 0.1) is 12.1 Å². The van der Waals surface area contributed by atoms with Crippen LogP contribution in [-0.2, 0) is 18.0 Å². The molecule has 5 heteroatoms. The molecule has 0 N–H and O–H groups in total. The lowest BCUT2D eigenvalue weighted by atomic mass is 10.2. The van der Waals surface area contributed by atoms with Crippen LogP contribution in [0.2, 0.25) is 0 Å². The zero-order valence-electron chi connectivity index (χ0n) is 16.0. The Labute approximate surface area is 170 Å². The van der Waals surface area contributed by atoms with E-state index in [0.29, 0.717) is 30.3 Å². The molecule has 1 aliphatic rings. The maximum Gasteiger partial charge on any atom is 0.169 e. The van der Waals surface area contributed by atoms with E-state index in [1.54, 1.807) is 18.2 Å². The van der Waals surface area contributed by atoms with Crippen molar-refractivity contribution in [2.45, 2.75) is 13.2 Å². The molecule has 0 atom stereocenters. The van der Waals surface area contributed by atoms with E-state index < -0.39 is 0 Å². The first-order valence-corrected chi connectivity index (χ1v) is 9.32. The normalized spacial score (nSPS) is 11.6. The molecule has 29 heavy (non-hydrogen) atoms. The van der Waals surface area contributed by atoms with E-state index in [-0.39, 0.29) is 0 Å². The second-order valence-electron chi connectivity index (χ2n) is 6.20. The molecule has 0 aromatic heterocycles. The Hall–Kier alpha value is -3.78. The van der Waals surface area contributed by atoms with Gasteiger partial charge in [-0.2, -0.15) is 5.26 Å². The number of ether oxygens (including phenoxy) is 3. The average molecular weight is 386 g/mol. The Morgan fingerprint density at radius 2 is 1.52 bits per heavy atom. The van der Waals surface area contributed by atoms with Crippen molar-refractivity contribution in [3.05, 3.63) is 95.6 Å². The highest BCUT2D eigenvalue weighted by atomic mass is 16.5. The van der Waals surface area contributed by atoms with E-state index in [4.69, 9.17) is 9.47 Å². The van der Waals surface area contributed by atoms with Gasteiger partial charge >= 0.3 is 0 Å². The number of nitriles is 1. The molecule has 3 aromatic carbocycles. The van der Waals surface area contributed by atoms with Crippen LogP contribution in [0.1, 0.15) is 16.7 Å². The number of aliphatic imine (C=N–C) groups is 1. The number of hydrogen-bond donors (Lipinski definition) is 0. The van der Waals surface area contributed by atoms with Crippen molar-refractivity contribution in [2.75, 3.05) is 13.2 Å². The fraction of sp³-hybridized carbons (Fsp3) is 0.167. The maximum absolute atomic E-state index is 9.24. The summed E-state index contributed by atoms with van der Waals surface area (Å²) in [6.45, 7) is 2.52. The lowest BCUT2D eigenvalue weighted by Gasteiger charge is -2.11. The first-order chi connectivity index (χ1) is 14.3. The first kappa shape index (κ1) is 20.0. The molecule has 0 saturated heterocycles. The summed E-state index contributed by atoms with van der Waals surface area (Å²) >= 11 is 0. The number of hydrogen-bond acceptors (Lipinski definition) is 5. The van der Waals surface area contributed by atoms with Gasteiger partial charge in [-0.25, -0.2) is 0 Å². The van der Waals surface area contributed by atoms with Crippen molar-refractivity contribution in [1.82, 2.24) is 0 Å². The van der Waals surface area contributed by atoms with Gasteiger partial charge in [0.2, 0.25) is 0 Å². The van der Waals surface area contributed by atoms with Crippen LogP contribution in [-0.4, -0.2) is 19.6 Å². The zero-order valence-corrected chi connectivity index (χ0v) is 16.0. The second kappa shape index (κ2) is 11.2. The fourth-order valence-electron chi connectivity index (χ4n) is 2.54. The van der Waals surface area contributed by atoms with Crippen LogP contribution in [0.25, 0.3) is 0 Å². The third-order valence-electron chi connectivity index (χ3n) is 4.05. The summed E-state index contributed by atoms with van der Waals surface area (Å²) in [5.41, 5.74) is 2.64. The quantitative estimate of drug-likeness (QED) is 0.613. The summed E-state index contributed by atoms with van der Waals surface area (Å²) in [5, 5.41) is 9.24. The minimum absolute atomic E-state index is 0.414. The molecule has 0 spiro atoms. The molecule has 0 aliphatic carbocycles. The molecule has 0 amide bonds. The second-order valence-corrected chi connectivity index (χ2v) is 6.20. The number of benzene rings is 3. The van der Waals surface area contributed by atoms with Gasteiger partial charge in [-0.15, -0.1) is 0 Å². The van der Waals surface area contributed by atoms with E-state index in [9.17, 15) is 5.26 Å². The van der Waals surface area contributed by atoms with Gasteiger partial charge in [0, 0.05) is 6.07 Å². The highest BCUT2D eigenvalue weighted by Gasteiger charge is 2.07. The Balaban J connectivity index is 0.000000419. The topological polar surface area (TPSA) is 63.8 Å². The SMILES string of the molecule is C1=NCCO1.N#Cc1ccc(OCc2ccccc2)cc1OCc1ccccc1. The van der Waals surface area contributed by atoms with E-state index in [2.05, 4.69) is 15.8 Å². The summed E-state index contributed by atoms with van der Waals surface area (Å²) < 4.78 is 16.3. The van der Waals surface area contributed by atoms with E-state index >= 15 is 0 Å². The van der Waals surface area contributed by atoms with Crippen molar-refractivity contribution in [3.63, 3.8) is 0 Å². The Kier molecular flexibility index (Phi) is 7.68. The summed E-state index contributed by atoms with van der Waals surface area (Å²) in [6.07, 6.45) is 1.49. The summed E-state index contributed by atoms with van der Waals surface area (Å²) in [4.78, 5) is 3.74. The Morgan fingerprint density at radius 1 is 0.862 bits per heavy atom. The van der Waals surface area contributed by atoms with Gasteiger partial charge < -0.3 is 14.2 Å². The molecule has 4 rings (SSSR count). The standard InChI is InChI=1S/C21H17NO2.C3H5NO/c22-14-19-11-12-20(23-15-17-7-3-1-4-8-17)13-21(19)24-16-18-9-5-2-6-10-18;1-2-5-3-4-1/h1-13H,15-16H2;3H,1-2H2. The van der Waals surface area contributed by atoms with Crippen molar-refractivity contribution in [1.29, 1.82) is 5.26 Å². The Morgan fingerprint density at radius 3 is 2.03 bits per heavy atom. The molecule has 0 bridgehead atoms. The molecule has 1 heterocycles. The number of rotatable bonds is 6. The van der Waals surface area contributed by atoms with Crippen LogP contribution in [0.4, 0.5) is 0 Å². The van der Waals surface area contributed by atoms with Crippen molar-refractivity contribution < 1.29 is 14.2 Å².